The molecular formula is C15H14N2O2S2. The lowest BCUT2D eigenvalue weighted by atomic mass is 10.1. The van der Waals surface area contributed by atoms with Gasteiger partial charge in [-0.05, 0) is 41.6 Å². The van der Waals surface area contributed by atoms with Crippen molar-refractivity contribution in [1.82, 2.24) is 0 Å². The molecule has 0 saturated carbocycles. The summed E-state index contributed by atoms with van der Waals surface area (Å²) in [6.07, 6.45) is 0.370. The number of thiophene rings is 1. The molecule has 2 N–H and O–H groups in total. The maximum absolute atomic E-state index is 12.2. The Labute approximate surface area is 130 Å². The number of thioether (sulfide) groups is 1. The minimum atomic E-state index is -0.111. The molecule has 0 spiro atoms. The van der Waals surface area contributed by atoms with E-state index in [1.165, 1.54) is 11.3 Å². The van der Waals surface area contributed by atoms with Crippen LogP contribution in [0.2, 0.25) is 0 Å². The van der Waals surface area contributed by atoms with Crippen LogP contribution in [0.25, 0.3) is 0 Å². The van der Waals surface area contributed by atoms with Crippen LogP contribution >= 0.6 is 23.1 Å². The third-order valence-corrected chi connectivity index (χ3v) is 5.27. The number of fused-ring (bicyclic) bond motifs is 1. The first-order valence-electron chi connectivity index (χ1n) is 6.62. The molecule has 0 atom stereocenters. The fourth-order valence-electron chi connectivity index (χ4n) is 2.16. The van der Waals surface area contributed by atoms with E-state index in [1.807, 2.05) is 24.3 Å². The molecule has 0 saturated heterocycles. The molecule has 2 aromatic rings. The van der Waals surface area contributed by atoms with Gasteiger partial charge in [0.05, 0.1) is 15.5 Å². The number of rotatable bonds is 4. The molecular weight excluding hydrogens is 304 g/mol. The molecule has 0 unspecified atom stereocenters. The van der Waals surface area contributed by atoms with E-state index in [9.17, 15) is 9.59 Å². The van der Waals surface area contributed by atoms with Crippen molar-refractivity contribution < 1.29 is 9.59 Å². The van der Waals surface area contributed by atoms with Crippen LogP contribution in [0.1, 0.15) is 22.2 Å². The molecule has 1 aromatic heterocycles. The second-order valence-corrected chi connectivity index (χ2v) is 7.25. The van der Waals surface area contributed by atoms with E-state index in [0.29, 0.717) is 17.0 Å². The molecule has 0 fully saturated rings. The summed E-state index contributed by atoms with van der Waals surface area (Å²) in [5, 5.41) is 5.66. The average molecular weight is 318 g/mol. The molecule has 21 heavy (non-hydrogen) atoms. The molecule has 1 aromatic carbocycles. The van der Waals surface area contributed by atoms with Gasteiger partial charge in [-0.3, -0.25) is 9.59 Å². The third-order valence-electron chi connectivity index (χ3n) is 3.08. The van der Waals surface area contributed by atoms with Crippen LogP contribution in [0, 0.1) is 0 Å². The molecule has 3 rings (SSSR count). The SMILES string of the molecule is CCSc1ccc(C(=O)Nc2ccc3c(c2)CC(=O)N3)s1. The van der Waals surface area contributed by atoms with Crippen molar-refractivity contribution in [3.63, 3.8) is 0 Å². The molecule has 108 valence electrons. The van der Waals surface area contributed by atoms with Gasteiger partial charge in [0.1, 0.15) is 0 Å². The molecule has 1 aliphatic heterocycles. The Balaban J connectivity index is 1.72. The van der Waals surface area contributed by atoms with Crippen molar-refractivity contribution in [2.45, 2.75) is 17.6 Å². The first-order chi connectivity index (χ1) is 10.2. The average Bonchev–Trinajstić information content (AvgIpc) is 3.04. The number of hydrogen-bond donors (Lipinski definition) is 2. The van der Waals surface area contributed by atoms with Gasteiger partial charge in [-0.15, -0.1) is 23.1 Å². The zero-order valence-corrected chi connectivity index (χ0v) is 13.1. The predicted molar refractivity (Wildman–Crippen MR) is 87.4 cm³/mol. The number of benzene rings is 1. The summed E-state index contributed by atoms with van der Waals surface area (Å²) in [7, 11) is 0. The molecule has 0 bridgehead atoms. The highest BCUT2D eigenvalue weighted by Gasteiger charge is 2.18. The fraction of sp³-hybridized carbons (Fsp3) is 0.200. The molecule has 1 aliphatic rings. The van der Waals surface area contributed by atoms with Crippen molar-refractivity contribution in [1.29, 1.82) is 0 Å². The largest absolute Gasteiger partial charge is 0.326 e. The van der Waals surface area contributed by atoms with E-state index in [0.717, 1.165) is 21.2 Å². The zero-order valence-electron chi connectivity index (χ0n) is 11.4. The van der Waals surface area contributed by atoms with Crippen LogP contribution in [0.15, 0.2) is 34.5 Å². The van der Waals surface area contributed by atoms with Crippen LogP contribution in [0.5, 0.6) is 0 Å². The van der Waals surface area contributed by atoms with Crippen LogP contribution < -0.4 is 10.6 Å². The molecule has 6 heteroatoms. The number of carbonyl (C=O) groups excluding carboxylic acids is 2. The number of amides is 2. The molecule has 0 radical (unpaired) electrons. The Morgan fingerprint density at radius 1 is 1.38 bits per heavy atom. The van der Waals surface area contributed by atoms with Gasteiger partial charge in [-0.1, -0.05) is 6.92 Å². The first-order valence-corrected chi connectivity index (χ1v) is 8.42. The number of hydrogen-bond acceptors (Lipinski definition) is 4. The second-order valence-electron chi connectivity index (χ2n) is 4.60. The zero-order chi connectivity index (χ0) is 14.8. The van der Waals surface area contributed by atoms with Crippen molar-refractivity contribution in [2.24, 2.45) is 0 Å². The summed E-state index contributed by atoms with van der Waals surface area (Å²) >= 11 is 3.22. The Hall–Kier alpha value is -1.79. The van der Waals surface area contributed by atoms with E-state index < -0.39 is 0 Å². The lowest BCUT2D eigenvalue weighted by Crippen LogP contribution is -2.10. The lowest BCUT2D eigenvalue weighted by molar-refractivity contribution is -0.115. The van der Waals surface area contributed by atoms with Crippen molar-refractivity contribution in [2.75, 3.05) is 16.4 Å². The van der Waals surface area contributed by atoms with Crippen molar-refractivity contribution >= 4 is 46.3 Å². The molecule has 2 heterocycles. The number of anilines is 2. The standard InChI is InChI=1S/C15H14N2O2S2/c1-2-20-14-6-5-12(21-14)15(19)16-10-3-4-11-9(7-10)8-13(18)17-11/h3-7H,2,8H2,1H3,(H,16,19)(H,17,18). The summed E-state index contributed by atoms with van der Waals surface area (Å²) in [5.41, 5.74) is 2.47. The molecule has 2 amide bonds. The normalized spacial score (nSPS) is 12.9. The van der Waals surface area contributed by atoms with Gasteiger partial charge in [0, 0.05) is 11.4 Å². The highest BCUT2D eigenvalue weighted by atomic mass is 32.2. The van der Waals surface area contributed by atoms with Gasteiger partial charge in [0.15, 0.2) is 0 Å². The maximum Gasteiger partial charge on any atom is 0.265 e. The fourth-order valence-corrected chi connectivity index (χ4v) is 4.10. The summed E-state index contributed by atoms with van der Waals surface area (Å²) in [4.78, 5) is 24.2. The quantitative estimate of drug-likeness (QED) is 0.847. The maximum atomic E-state index is 12.2. The number of nitrogens with one attached hydrogen (secondary N) is 2. The second kappa shape index (κ2) is 5.91. The van der Waals surface area contributed by atoms with Crippen LogP contribution in [-0.2, 0) is 11.2 Å². The minimum absolute atomic E-state index is 0.00651. The Kier molecular flexibility index (Phi) is 3.98. The van der Waals surface area contributed by atoms with E-state index in [1.54, 1.807) is 17.8 Å². The van der Waals surface area contributed by atoms with Gasteiger partial charge in [0.25, 0.3) is 5.91 Å². The lowest BCUT2D eigenvalue weighted by Gasteiger charge is -2.05. The van der Waals surface area contributed by atoms with E-state index in [-0.39, 0.29) is 11.8 Å². The van der Waals surface area contributed by atoms with Gasteiger partial charge in [-0.2, -0.15) is 0 Å². The van der Waals surface area contributed by atoms with E-state index >= 15 is 0 Å². The van der Waals surface area contributed by atoms with Crippen molar-refractivity contribution in [3.8, 4) is 0 Å². The summed E-state index contributed by atoms with van der Waals surface area (Å²) in [6, 6.07) is 9.29. The molecule has 0 aliphatic carbocycles. The molecule has 4 nitrogen and oxygen atoms in total. The monoisotopic (exact) mass is 318 g/mol. The topological polar surface area (TPSA) is 58.2 Å². The Morgan fingerprint density at radius 2 is 2.24 bits per heavy atom. The summed E-state index contributed by atoms with van der Waals surface area (Å²) in [6.45, 7) is 2.09. The van der Waals surface area contributed by atoms with Gasteiger partial charge in [-0.25, -0.2) is 0 Å². The van der Waals surface area contributed by atoms with Crippen molar-refractivity contribution in [3.05, 3.63) is 40.8 Å². The Morgan fingerprint density at radius 3 is 3.05 bits per heavy atom. The van der Waals surface area contributed by atoms with E-state index in [4.69, 9.17) is 0 Å². The van der Waals surface area contributed by atoms with Gasteiger partial charge < -0.3 is 10.6 Å². The van der Waals surface area contributed by atoms with Crippen LogP contribution in [-0.4, -0.2) is 17.6 Å². The summed E-state index contributed by atoms with van der Waals surface area (Å²) in [5.74, 6) is 0.876. The van der Waals surface area contributed by atoms with Crippen LogP contribution in [0.3, 0.4) is 0 Å². The smallest absolute Gasteiger partial charge is 0.265 e. The number of carbonyl (C=O) groups is 2. The van der Waals surface area contributed by atoms with E-state index in [2.05, 4.69) is 17.6 Å². The third kappa shape index (κ3) is 3.11. The van der Waals surface area contributed by atoms with Gasteiger partial charge in [0.2, 0.25) is 5.91 Å². The predicted octanol–water partition coefficient (Wildman–Crippen LogP) is 3.61. The highest BCUT2D eigenvalue weighted by molar-refractivity contribution is 8.01. The van der Waals surface area contributed by atoms with Gasteiger partial charge >= 0.3 is 0 Å². The Bertz CT molecular complexity index is 709. The first kappa shape index (κ1) is 14.2. The minimum Gasteiger partial charge on any atom is -0.326 e. The highest BCUT2D eigenvalue weighted by Crippen LogP contribution is 2.29. The summed E-state index contributed by atoms with van der Waals surface area (Å²) < 4.78 is 1.14. The van der Waals surface area contributed by atoms with Crippen LogP contribution in [0.4, 0.5) is 11.4 Å².